The highest BCUT2D eigenvalue weighted by molar-refractivity contribution is 8.00. The lowest BCUT2D eigenvalue weighted by atomic mass is 10.2. The summed E-state index contributed by atoms with van der Waals surface area (Å²) in [6, 6.07) is 14.2. The molecule has 10 heteroatoms. The third kappa shape index (κ3) is 5.59. The minimum Gasteiger partial charge on any atom is -0.454 e. The summed E-state index contributed by atoms with van der Waals surface area (Å²) < 4.78 is 23.5. The van der Waals surface area contributed by atoms with Crippen LogP contribution in [0, 0.1) is 5.82 Å². The Hall–Kier alpha value is -3.50. The summed E-state index contributed by atoms with van der Waals surface area (Å²) in [5.74, 6) is -0.542. The number of carbonyl (C=O) groups excluding carboxylic acids is 2. The van der Waals surface area contributed by atoms with Gasteiger partial charge in [-0.3, -0.25) is 4.79 Å². The number of rotatable bonds is 8. The van der Waals surface area contributed by atoms with E-state index in [-0.39, 0.29) is 29.9 Å². The monoisotopic (exact) mass is 469 g/mol. The molecule has 2 aromatic heterocycles. The maximum absolute atomic E-state index is 13.0. The highest BCUT2D eigenvalue weighted by Gasteiger charge is 2.16. The van der Waals surface area contributed by atoms with Crippen LogP contribution in [0.1, 0.15) is 16.2 Å². The van der Waals surface area contributed by atoms with Gasteiger partial charge in [0.2, 0.25) is 11.7 Å². The second kappa shape index (κ2) is 10.2. The van der Waals surface area contributed by atoms with Gasteiger partial charge in [0, 0.05) is 16.0 Å². The molecule has 0 aliphatic heterocycles. The standard InChI is InChI=1S/C22H16FN3O4S2/c23-15-5-7-16(8-6-15)24-20(27)13-32-18-4-2-1-3-17(18)22(28)29-11-19-25-21(30-26-19)14-9-10-31-12-14/h1-10,12H,11,13H2,(H,24,27). The van der Waals surface area contributed by atoms with Crippen LogP contribution >= 0.6 is 23.1 Å². The molecule has 0 fully saturated rings. The van der Waals surface area contributed by atoms with E-state index in [2.05, 4.69) is 15.5 Å². The first-order chi connectivity index (χ1) is 15.6. The Morgan fingerprint density at radius 3 is 2.72 bits per heavy atom. The fourth-order valence-corrected chi connectivity index (χ4v) is 4.13. The number of esters is 1. The summed E-state index contributed by atoms with van der Waals surface area (Å²) in [6.45, 7) is -0.142. The molecular formula is C22H16FN3O4S2. The summed E-state index contributed by atoms with van der Waals surface area (Å²) >= 11 is 2.70. The van der Waals surface area contributed by atoms with Crippen LogP contribution in [0.4, 0.5) is 10.1 Å². The highest BCUT2D eigenvalue weighted by Crippen LogP contribution is 2.24. The number of aromatic nitrogens is 2. The van der Waals surface area contributed by atoms with E-state index < -0.39 is 5.97 Å². The van der Waals surface area contributed by atoms with Crippen molar-refractivity contribution >= 4 is 40.7 Å². The van der Waals surface area contributed by atoms with E-state index in [1.165, 1.54) is 47.4 Å². The molecule has 4 aromatic rings. The van der Waals surface area contributed by atoms with Gasteiger partial charge in [-0.1, -0.05) is 17.3 Å². The van der Waals surface area contributed by atoms with Crippen LogP contribution in [0.3, 0.4) is 0 Å². The lowest BCUT2D eigenvalue weighted by Crippen LogP contribution is -2.14. The van der Waals surface area contributed by atoms with E-state index in [0.717, 1.165) is 5.56 Å². The van der Waals surface area contributed by atoms with Crippen LogP contribution in [0.15, 0.2) is 74.8 Å². The summed E-state index contributed by atoms with van der Waals surface area (Å²) in [5.41, 5.74) is 1.63. The first-order valence-corrected chi connectivity index (χ1v) is 11.3. The average Bonchev–Trinajstić information content (AvgIpc) is 3.50. The molecule has 0 saturated carbocycles. The van der Waals surface area contributed by atoms with Gasteiger partial charge in [0.1, 0.15) is 5.82 Å². The van der Waals surface area contributed by atoms with Gasteiger partial charge in [-0.25, -0.2) is 9.18 Å². The van der Waals surface area contributed by atoms with Gasteiger partial charge in [0.15, 0.2) is 6.61 Å². The zero-order valence-electron chi connectivity index (χ0n) is 16.5. The Kier molecular flexibility index (Phi) is 6.93. The highest BCUT2D eigenvalue weighted by atomic mass is 32.2. The normalized spacial score (nSPS) is 10.7. The van der Waals surface area contributed by atoms with Crippen LogP contribution < -0.4 is 5.32 Å². The van der Waals surface area contributed by atoms with Gasteiger partial charge in [-0.2, -0.15) is 16.3 Å². The summed E-state index contributed by atoms with van der Waals surface area (Å²) in [6.07, 6.45) is 0. The molecule has 0 aliphatic carbocycles. The lowest BCUT2D eigenvalue weighted by molar-refractivity contribution is -0.113. The Labute approximate surface area is 190 Å². The molecule has 4 rings (SSSR count). The molecule has 0 atom stereocenters. The van der Waals surface area contributed by atoms with Gasteiger partial charge in [0.25, 0.3) is 5.89 Å². The number of thiophene rings is 1. The van der Waals surface area contributed by atoms with E-state index in [1.807, 2.05) is 16.8 Å². The number of carbonyl (C=O) groups is 2. The van der Waals surface area contributed by atoms with E-state index in [0.29, 0.717) is 22.0 Å². The van der Waals surface area contributed by atoms with Crippen LogP contribution in [0.25, 0.3) is 11.5 Å². The number of thioether (sulfide) groups is 1. The maximum atomic E-state index is 13.0. The van der Waals surface area contributed by atoms with Crippen molar-refractivity contribution in [2.45, 2.75) is 11.5 Å². The van der Waals surface area contributed by atoms with E-state index in [4.69, 9.17) is 9.26 Å². The van der Waals surface area contributed by atoms with Crippen molar-refractivity contribution in [3.8, 4) is 11.5 Å². The van der Waals surface area contributed by atoms with Crippen molar-refractivity contribution in [3.63, 3.8) is 0 Å². The molecular weight excluding hydrogens is 453 g/mol. The molecule has 32 heavy (non-hydrogen) atoms. The molecule has 1 N–H and O–H groups in total. The van der Waals surface area contributed by atoms with E-state index in [1.54, 1.807) is 24.3 Å². The largest absolute Gasteiger partial charge is 0.454 e. The predicted octanol–water partition coefficient (Wildman–Crippen LogP) is 5.03. The molecule has 2 aromatic carbocycles. The fraction of sp³-hybridized carbons (Fsp3) is 0.0909. The van der Waals surface area contributed by atoms with Crippen LogP contribution in [0.5, 0.6) is 0 Å². The molecule has 0 saturated heterocycles. The summed E-state index contributed by atoms with van der Waals surface area (Å²) in [5, 5.41) is 10.3. The molecule has 0 unspecified atom stereocenters. The molecule has 0 spiro atoms. The number of nitrogens with one attached hydrogen (secondary N) is 1. The number of halogens is 1. The third-order valence-corrected chi connectivity index (χ3v) is 5.92. The van der Waals surface area contributed by atoms with Crippen molar-refractivity contribution in [1.29, 1.82) is 0 Å². The molecule has 1 amide bonds. The molecule has 0 bridgehead atoms. The Morgan fingerprint density at radius 1 is 1.12 bits per heavy atom. The van der Waals surface area contributed by atoms with Crippen molar-refractivity contribution < 1.29 is 23.2 Å². The first-order valence-electron chi connectivity index (χ1n) is 9.38. The average molecular weight is 470 g/mol. The second-order valence-electron chi connectivity index (χ2n) is 6.44. The maximum Gasteiger partial charge on any atom is 0.339 e. The fourth-order valence-electron chi connectivity index (χ4n) is 2.66. The zero-order valence-corrected chi connectivity index (χ0v) is 18.1. The number of hydrogen-bond acceptors (Lipinski definition) is 8. The van der Waals surface area contributed by atoms with Gasteiger partial charge in [0.05, 0.1) is 16.9 Å². The number of nitrogens with zero attached hydrogens (tertiary/aromatic N) is 2. The van der Waals surface area contributed by atoms with Gasteiger partial charge >= 0.3 is 5.97 Å². The Morgan fingerprint density at radius 2 is 1.94 bits per heavy atom. The first kappa shape index (κ1) is 21.7. The SMILES string of the molecule is O=C(CSc1ccccc1C(=O)OCc1noc(-c2ccsc2)n1)Nc1ccc(F)cc1. The smallest absolute Gasteiger partial charge is 0.339 e. The van der Waals surface area contributed by atoms with Gasteiger partial charge in [-0.15, -0.1) is 11.8 Å². The van der Waals surface area contributed by atoms with Crippen molar-refractivity contribution in [2.75, 3.05) is 11.1 Å². The number of amides is 1. The number of hydrogen-bond donors (Lipinski definition) is 1. The predicted molar refractivity (Wildman–Crippen MR) is 119 cm³/mol. The van der Waals surface area contributed by atoms with Crippen LogP contribution in [-0.4, -0.2) is 27.8 Å². The summed E-state index contributed by atoms with van der Waals surface area (Å²) in [4.78, 5) is 29.6. The third-order valence-electron chi connectivity index (χ3n) is 4.16. The molecule has 162 valence electrons. The molecule has 2 heterocycles. The van der Waals surface area contributed by atoms with Crippen LogP contribution in [-0.2, 0) is 16.1 Å². The Balaban J connectivity index is 1.33. The van der Waals surface area contributed by atoms with Gasteiger partial charge in [-0.05, 0) is 47.8 Å². The second-order valence-corrected chi connectivity index (χ2v) is 8.24. The minimum absolute atomic E-state index is 0.0660. The van der Waals surface area contributed by atoms with E-state index in [9.17, 15) is 14.0 Å². The quantitative estimate of drug-likeness (QED) is 0.286. The summed E-state index contributed by atoms with van der Waals surface area (Å²) in [7, 11) is 0. The minimum atomic E-state index is -0.561. The number of ether oxygens (including phenoxy) is 1. The van der Waals surface area contributed by atoms with Crippen molar-refractivity contribution in [3.05, 3.63) is 82.6 Å². The zero-order chi connectivity index (χ0) is 22.3. The number of benzene rings is 2. The van der Waals surface area contributed by atoms with E-state index >= 15 is 0 Å². The topological polar surface area (TPSA) is 94.3 Å². The Bertz CT molecular complexity index is 1210. The van der Waals surface area contributed by atoms with Crippen molar-refractivity contribution in [1.82, 2.24) is 10.1 Å². The molecule has 0 aliphatic rings. The van der Waals surface area contributed by atoms with Crippen molar-refractivity contribution in [2.24, 2.45) is 0 Å². The van der Waals surface area contributed by atoms with Gasteiger partial charge < -0.3 is 14.6 Å². The lowest BCUT2D eigenvalue weighted by Gasteiger charge is -2.09. The molecule has 0 radical (unpaired) electrons. The van der Waals surface area contributed by atoms with Crippen LogP contribution in [0.2, 0.25) is 0 Å². The molecule has 7 nitrogen and oxygen atoms in total. The number of anilines is 1.